The number of nitrogens with zero attached hydrogens (tertiary/aromatic N) is 1. The van der Waals surface area contributed by atoms with E-state index in [1.165, 1.54) is 64.5 Å². The van der Waals surface area contributed by atoms with Crippen LogP contribution in [0.5, 0.6) is 0 Å². The Morgan fingerprint density at radius 2 is 1.88 bits per heavy atom. The summed E-state index contributed by atoms with van der Waals surface area (Å²) in [5, 5.41) is 3.53. The standard InChI is InChI=1S/C20H37N3O/c21-9-3-11-23(15-16-4-1-2-5-16)20(24)13-17-6-7-19-14-22-10-8-18(19)12-17/h16-19,22H,1-15,21H2. The normalized spacial score (nSPS) is 31.0. The topological polar surface area (TPSA) is 58.4 Å². The molecular formula is C20H37N3O. The van der Waals surface area contributed by atoms with Gasteiger partial charge in [-0.25, -0.2) is 0 Å². The van der Waals surface area contributed by atoms with Gasteiger partial charge in [0.2, 0.25) is 5.91 Å². The van der Waals surface area contributed by atoms with Gasteiger partial charge in [0.25, 0.3) is 0 Å². The molecule has 1 heterocycles. The quantitative estimate of drug-likeness (QED) is 0.752. The number of nitrogens with one attached hydrogen (secondary N) is 1. The van der Waals surface area contributed by atoms with E-state index in [4.69, 9.17) is 5.73 Å². The number of carbonyl (C=O) groups is 1. The summed E-state index contributed by atoms with van der Waals surface area (Å²) in [4.78, 5) is 15.1. The molecule has 0 aromatic rings. The smallest absolute Gasteiger partial charge is 0.222 e. The van der Waals surface area contributed by atoms with Gasteiger partial charge < -0.3 is 16.0 Å². The van der Waals surface area contributed by atoms with Gasteiger partial charge in [-0.3, -0.25) is 4.79 Å². The first-order valence-electron chi connectivity index (χ1n) is 10.4. The van der Waals surface area contributed by atoms with E-state index >= 15 is 0 Å². The molecular weight excluding hydrogens is 298 g/mol. The van der Waals surface area contributed by atoms with Crippen molar-refractivity contribution in [1.29, 1.82) is 0 Å². The summed E-state index contributed by atoms with van der Waals surface area (Å²) in [5.41, 5.74) is 5.70. The van der Waals surface area contributed by atoms with Crippen molar-refractivity contribution in [1.82, 2.24) is 10.2 Å². The molecule has 3 N–H and O–H groups in total. The third kappa shape index (κ3) is 4.95. The molecule has 0 bridgehead atoms. The Balaban J connectivity index is 1.50. The molecule has 0 spiro atoms. The minimum atomic E-state index is 0.410. The lowest BCUT2D eigenvalue weighted by atomic mass is 9.70. The highest BCUT2D eigenvalue weighted by Gasteiger charge is 2.33. The summed E-state index contributed by atoms with van der Waals surface area (Å²) in [6.07, 6.45) is 12.2. The van der Waals surface area contributed by atoms with Crippen LogP contribution in [0.1, 0.15) is 64.2 Å². The van der Waals surface area contributed by atoms with Crippen LogP contribution in [0.4, 0.5) is 0 Å². The molecule has 4 heteroatoms. The fourth-order valence-electron chi connectivity index (χ4n) is 5.29. The molecule has 1 saturated heterocycles. The van der Waals surface area contributed by atoms with Crippen molar-refractivity contribution in [3.8, 4) is 0 Å². The van der Waals surface area contributed by atoms with Gasteiger partial charge in [0, 0.05) is 19.5 Å². The molecule has 0 aromatic heterocycles. The minimum Gasteiger partial charge on any atom is -0.342 e. The van der Waals surface area contributed by atoms with Crippen molar-refractivity contribution in [3.63, 3.8) is 0 Å². The maximum absolute atomic E-state index is 12.9. The average molecular weight is 336 g/mol. The van der Waals surface area contributed by atoms with Crippen molar-refractivity contribution in [2.75, 3.05) is 32.7 Å². The Bertz CT molecular complexity index is 394. The van der Waals surface area contributed by atoms with E-state index in [9.17, 15) is 4.79 Å². The second-order valence-electron chi connectivity index (χ2n) is 8.53. The zero-order chi connectivity index (χ0) is 16.8. The number of rotatable bonds is 7. The molecule has 138 valence electrons. The van der Waals surface area contributed by atoms with Crippen molar-refractivity contribution >= 4 is 5.91 Å². The van der Waals surface area contributed by atoms with E-state index in [-0.39, 0.29) is 0 Å². The Kier molecular flexibility index (Phi) is 6.96. The highest BCUT2D eigenvalue weighted by Crippen LogP contribution is 2.38. The van der Waals surface area contributed by atoms with Crippen LogP contribution in [0.25, 0.3) is 0 Å². The van der Waals surface area contributed by atoms with Gasteiger partial charge in [0.1, 0.15) is 0 Å². The molecule has 1 amide bonds. The zero-order valence-corrected chi connectivity index (χ0v) is 15.3. The lowest BCUT2D eigenvalue weighted by molar-refractivity contribution is -0.133. The number of nitrogens with two attached hydrogens (primary N) is 1. The highest BCUT2D eigenvalue weighted by molar-refractivity contribution is 5.76. The molecule has 1 aliphatic heterocycles. The van der Waals surface area contributed by atoms with E-state index in [1.54, 1.807) is 0 Å². The van der Waals surface area contributed by atoms with E-state index < -0.39 is 0 Å². The van der Waals surface area contributed by atoms with Crippen LogP contribution in [-0.4, -0.2) is 43.5 Å². The number of hydrogen-bond donors (Lipinski definition) is 2. The monoisotopic (exact) mass is 335 g/mol. The predicted octanol–water partition coefficient (Wildman–Crippen LogP) is 2.77. The molecule has 3 aliphatic rings. The third-order valence-corrected chi connectivity index (χ3v) is 6.75. The van der Waals surface area contributed by atoms with Crippen molar-refractivity contribution < 1.29 is 4.79 Å². The molecule has 24 heavy (non-hydrogen) atoms. The fourth-order valence-corrected chi connectivity index (χ4v) is 5.29. The second-order valence-corrected chi connectivity index (χ2v) is 8.53. The lowest BCUT2D eigenvalue weighted by Crippen LogP contribution is -2.42. The summed E-state index contributed by atoms with van der Waals surface area (Å²) in [7, 11) is 0. The summed E-state index contributed by atoms with van der Waals surface area (Å²) < 4.78 is 0. The molecule has 0 aromatic carbocycles. The molecule has 4 nitrogen and oxygen atoms in total. The van der Waals surface area contributed by atoms with Gasteiger partial charge in [-0.2, -0.15) is 0 Å². The summed E-state index contributed by atoms with van der Waals surface area (Å²) in [5.74, 6) is 3.52. The van der Waals surface area contributed by atoms with E-state index in [0.717, 1.165) is 43.7 Å². The fraction of sp³-hybridized carbons (Fsp3) is 0.950. The zero-order valence-electron chi connectivity index (χ0n) is 15.3. The Labute approximate surface area is 147 Å². The van der Waals surface area contributed by atoms with Crippen LogP contribution in [0.15, 0.2) is 0 Å². The number of fused-ring (bicyclic) bond motifs is 1. The Morgan fingerprint density at radius 3 is 2.67 bits per heavy atom. The van der Waals surface area contributed by atoms with E-state index in [0.29, 0.717) is 18.4 Å². The van der Waals surface area contributed by atoms with Crippen LogP contribution >= 0.6 is 0 Å². The number of amides is 1. The van der Waals surface area contributed by atoms with Crippen molar-refractivity contribution in [2.45, 2.75) is 64.2 Å². The number of hydrogen-bond acceptors (Lipinski definition) is 3. The molecule has 2 saturated carbocycles. The van der Waals surface area contributed by atoms with Crippen LogP contribution in [0.3, 0.4) is 0 Å². The summed E-state index contributed by atoms with van der Waals surface area (Å²) >= 11 is 0. The summed E-state index contributed by atoms with van der Waals surface area (Å²) in [6.45, 7) is 4.92. The largest absolute Gasteiger partial charge is 0.342 e. The van der Waals surface area contributed by atoms with Crippen LogP contribution in [0, 0.1) is 23.7 Å². The first kappa shape index (κ1) is 18.2. The van der Waals surface area contributed by atoms with Gasteiger partial charge in [0.15, 0.2) is 0 Å². The van der Waals surface area contributed by atoms with Crippen LogP contribution < -0.4 is 11.1 Å². The van der Waals surface area contributed by atoms with Gasteiger partial charge in [0.05, 0.1) is 0 Å². The minimum absolute atomic E-state index is 0.410. The van der Waals surface area contributed by atoms with Crippen LogP contribution in [-0.2, 0) is 4.79 Å². The third-order valence-electron chi connectivity index (χ3n) is 6.75. The Hall–Kier alpha value is -0.610. The highest BCUT2D eigenvalue weighted by atomic mass is 16.2. The molecule has 2 aliphatic carbocycles. The van der Waals surface area contributed by atoms with Gasteiger partial charge >= 0.3 is 0 Å². The first-order chi connectivity index (χ1) is 11.8. The second kappa shape index (κ2) is 9.19. The molecule has 3 atom stereocenters. The number of carbonyl (C=O) groups excluding carboxylic acids is 1. The van der Waals surface area contributed by atoms with Crippen LogP contribution in [0.2, 0.25) is 0 Å². The van der Waals surface area contributed by atoms with Gasteiger partial charge in [-0.05, 0) is 88.3 Å². The van der Waals surface area contributed by atoms with E-state index in [1.807, 2.05) is 0 Å². The SMILES string of the molecule is NCCCN(CC1CCCC1)C(=O)CC1CCC2CNCCC2C1. The lowest BCUT2D eigenvalue weighted by Gasteiger charge is -2.40. The average Bonchev–Trinajstić information content (AvgIpc) is 3.11. The molecule has 3 fully saturated rings. The molecule has 3 rings (SSSR count). The van der Waals surface area contributed by atoms with Gasteiger partial charge in [-0.15, -0.1) is 0 Å². The molecule has 0 radical (unpaired) electrons. The maximum atomic E-state index is 12.9. The van der Waals surface area contributed by atoms with Crippen molar-refractivity contribution in [3.05, 3.63) is 0 Å². The summed E-state index contributed by atoms with van der Waals surface area (Å²) in [6, 6.07) is 0. The van der Waals surface area contributed by atoms with Crippen molar-refractivity contribution in [2.24, 2.45) is 29.4 Å². The number of piperidine rings is 1. The van der Waals surface area contributed by atoms with Gasteiger partial charge in [-0.1, -0.05) is 12.8 Å². The van der Waals surface area contributed by atoms with E-state index in [2.05, 4.69) is 10.2 Å². The maximum Gasteiger partial charge on any atom is 0.222 e. The predicted molar refractivity (Wildman–Crippen MR) is 98.6 cm³/mol. The first-order valence-corrected chi connectivity index (χ1v) is 10.4. The molecule has 3 unspecified atom stereocenters. The Morgan fingerprint density at radius 1 is 1.04 bits per heavy atom.